The van der Waals surface area contributed by atoms with Gasteiger partial charge in [-0.3, -0.25) is 4.79 Å². The Morgan fingerprint density at radius 3 is 2.50 bits per heavy atom. The number of hydrogen-bond donors (Lipinski definition) is 2. The third-order valence-corrected chi connectivity index (χ3v) is 2.88. The zero-order valence-corrected chi connectivity index (χ0v) is 12.1. The number of carbonyl (C=O) groups is 1. The second-order valence-electron chi connectivity index (χ2n) is 4.55. The van der Waals surface area contributed by atoms with Gasteiger partial charge in [-0.25, -0.2) is 0 Å². The molecule has 0 fully saturated rings. The SMILES string of the molecule is Cc1noc(C)c1CC(C)NC(=O)C(C)CN.Cl. The Labute approximate surface area is 114 Å². The summed E-state index contributed by atoms with van der Waals surface area (Å²) >= 11 is 0. The smallest absolute Gasteiger partial charge is 0.224 e. The van der Waals surface area contributed by atoms with E-state index in [1.54, 1.807) is 0 Å². The molecular weight excluding hydrogens is 254 g/mol. The molecule has 6 heteroatoms. The minimum absolute atomic E-state index is 0. The maximum Gasteiger partial charge on any atom is 0.224 e. The van der Waals surface area contributed by atoms with E-state index in [9.17, 15) is 4.79 Å². The Bertz CT molecular complexity index is 373. The number of nitrogens with two attached hydrogens (primary N) is 1. The molecule has 0 bridgehead atoms. The number of amides is 1. The van der Waals surface area contributed by atoms with Crippen molar-refractivity contribution in [3.05, 3.63) is 17.0 Å². The molecule has 2 unspecified atom stereocenters. The number of nitrogens with one attached hydrogen (secondary N) is 1. The lowest BCUT2D eigenvalue weighted by Gasteiger charge is -2.16. The van der Waals surface area contributed by atoms with E-state index in [0.29, 0.717) is 6.54 Å². The van der Waals surface area contributed by atoms with Gasteiger partial charge >= 0.3 is 0 Å². The molecule has 0 aliphatic rings. The molecule has 1 aromatic rings. The van der Waals surface area contributed by atoms with Crippen LogP contribution in [0.15, 0.2) is 4.52 Å². The fourth-order valence-electron chi connectivity index (χ4n) is 1.64. The molecular formula is C12H22ClN3O2. The normalized spacial score (nSPS) is 13.6. The quantitative estimate of drug-likeness (QED) is 0.850. The van der Waals surface area contributed by atoms with Gasteiger partial charge in [0.05, 0.1) is 5.69 Å². The Balaban J connectivity index is 0.00000289. The highest BCUT2D eigenvalue weighted by Gasteiger charge is 2.17. The molecule has 1 rings (SSSR count). The highest BCUT2D eigenvalue weighted by molar-refractivity contribution is 5.85. The molecule has 0 spiro atoms. The Morgan fingerprint density at radius 1 is 1.44 bits per heavy atom. The minimum Gasteiger partial charge on any atom is -0.361 e. The molecule has 3 N–H and O–H groups in total. The van der Waals surface area contributed by atoms with Gasteiger partial charge in [-0.2, -0.15) is 0 Å². The van der Waals surface area contributed by atoms with Crippen molar-refractivity contribution in [3.8, 4) is 0 Å². The van der Waals surface area contributed by atoms with Crippen molar-refractivity contribution in [2.24, 2.45) is 11.7 Å². The lowest BCUT2D eigenvalue weighted by atomic mass is 10.0. The first-order chi connectivity index (χ1) is 7.95. The van der Waals surface area contributed by atoms with Crippen LogP contribution in [-0.4, -0.2) is 23.7 Å². The van der Waals surface area contributed by atoms with E-state index in [2.05, 4.69) is 10.5 Å². The fourth-order valence-corrected chi connectivity index (χ4v) is 1.64. The Morgan fingerprint density at radius 2 is 2.06 bits per heavy atom. The largest absolute Gasteiger partial charge is 0.361 e. The summed E-state index contributed by atoms with van der Waals surface area (Å²) in [5.41, 5.74) is 7.40. The molecule has 0 radical (unpaired) electrons. The maximum atomic E-state index is 11.7. The van der Waals surface area contributed by atoms with Crippen molar-refractivity contribution in [1.29, 1.82) is 0 Å². The summed E-state index contributed by atoms with van der Waals surface area (Å²) in [7, 11) is 0. The highest BCUT2D eigenvalue weighted by atomic mass is 35.5. The van der Waals surface area contributed by atoms with Gasteiger partial charge in [0, 0.05) is 24.1 Å². The van der Waals surface area contributed by atoms with Crippen LogP contribution in [0.3, 0.4) is 0 Å². The van der Waals surface area contributed by atoms with E-state index in [0.717, 1.165) is 23.4 Å². The molecule has 2 atom stereocenters. The number of nitrogens with zero attached hydrogens (tertiary/aromatic N) is 1. The monoisotopic (exact) mass is 275 g/mol. The van der Waals surface area contributed by atoms with Crippen molar-refractivity contribution < 1.29 is 9.32 Å². The van der Waals surface area contributed by atoms with Crippen molar-refractivity contribution >= 4 is 18.3 Å². The molecule has 0 aliphatic heterocycles. The van der Waals surface area contributed by atoms with Crippen LogP contribution >= 0.6 is 12.4 Å². The van der Waals surface area contributed by atoms with Gasteiger partial charge in [0.25, 0.3) is 0 Å². The van der Waals surface area contributed by atoms with Gasteiger partial charge < -0.3 is 15.6 Å². The Kier molecular flexibility index (Phi) is 6.94. The van der Waals surface area contributed by atoms with E-state index in [-0.39, 0.29) is 30.3 Å². The van der Waals surface area contributed by atoms with Crippen LogP contribution < -0.4 is 11.1 Å². The van der Waals surface area contributed by atoms with Crippen LogP contribution in [0.4, 0.5) is 0 Å². The zero-order valence-electron chi connectivity index (χ0n) is 11.3. The number of aryl methyl sites for hydroxylation is 2. The van der Waals surface area contributed by atoms with Gasteiger partial charge in [0.1, 0.15) is 5.76 Å². The van der Waals surface area contributed by atoms with Crippen molar-refractivity contribution in [3.63, 3.8) is 0 Å². The number of hydrogen-bond acceptors (Lipinski definition) is 4. The summed E-state index contributed by atoms with van der Waals surface area (Å²) < 4.78 is 5.09. The first kappa shape index (κ1) is 16.9. The molecule has 1 amide bonds. The second kappa shape index (κ2) is 7.38. The van der Waals surface area contributed by atoms with Crippen LogP contribution in [0.2, 0.25) is 0 Å². The standard InChI is InChI=1S/C12H21N3O2.ClH/c1-7(6-13)12(16)14-8(2)5-11-9(3)15-17-10(11)4;/h7-8H,5-6,13H2,1-4H3,(H,14,16);1H. The van der Waals surface area contributed by atoms with E-state index >= 15 is 0 Å². The van der Waals surface area contributed by atoms with Crippen LogP contribution in [0.1, 0.15) is 30.9 Å². The van der Waals surface area contributed by atoms with Crippen LogP contribution in [-0.2, 0) is 11.2 Å². The first-order valence-electron chi connectivity index (χ1n) is 5.87. The van der Waals surface area contributed by atoms with Crippen LogP contribution in [0.25, 0.3) is 0 Å². The van der Waals surface area contributed by atoms with E-state index in [1.807, 2.05) is 27.7 Å². The van der Waals surface area contributed by atoms with Gasteiger partial charge in [-0.1, -0.05) is 12.1 Å². The topological polar surface area (TPSA) is 81.2 Å². The second-order valence-corrected chi connectivity index (χ2v) is 4.55. The molecule has 0 aliphatic carbocycles. The van der Waals surface area contributed by atoms with Crippen molar-refractivity contribution in [1.82, 2.24) is 10.5 Å². The molecule has 0 aromatic carbocycles. The summed E-state index contributed by atoms with van der Waals surface area (Å²) in [6.07, 6.45) is 0.726. The summed E-state index contributed by atoms with van der Waals surface area (Å²) in [5, 5.41) is 6.83. The fraction of sp³-hybridized carbons (Fsp3) is 0.667. The first-order valence-corrected chi connectivity index (χ1v) is 5.87. The average Bonchev–Trinajstić information content (AvgIpc) is 2.59. The summed E-state index contributed by atoms with van der Waals surface area (Å²) in [5.74, 6) is 0.657. The lowest BCUT2D eigenvalue weighted by molar-refractivity contribution is -0.124. The number of aromatic nitrogens is 1. The van der Waals surface area contributed by atoms with Crippen LogP contribution in [0, 0.1) is 19.8 Å². The zero-order chi connectivity index (χ0) is 13.0. The van der Waals surface area contributed by atoms with Crippen molar-refractivity contribution in [2.45, 2.75) is 40.2 Å². The predicted octanol–water partition coefficient (Wildman–Crippen LogP) is 1.36. The molecule has 0 saturated carbocycles. The van der Waals surface area contributed by atoms with E-state index < -0.39 is 0 Å². The number of carbonyl (C=O) groups excluding carboxylic acids is 1. The van der Waals surface area contributed by atoms with Gasteiger partial charge in [-0.15, -0.1) is 12.4 Å². The summed E-state index contributed by atoms with van der Waals surface area (Å²) in [6.45, 7) is 7.93. The molecule has 0 saturated heterocycles. The van der Waals surface area contributed by atoms with Gasteiger partial charge in [-0.05, 0) is 27.2 Å². The molecule has 18 heavy (non-hydrogen) atoms. The van der Waals surface area contributed by atoms with Crippen molar-refractivity contribution in [2.75, 3.05) is 6.54 Å². The van der Waals surface area contributed by atoms with Crippen LogP contribution in [0.5, 0.6) is 0 Å². The molecule has 5 nitrogen and oxygen atoms in total. The lowest BCUT2D eigenvalue weighted by Crippen LogP contribution is -2.39. The van der Waals surface area contributed by atoms with E-state index in [1.165, 1.54) is 0 Å². The molecule has 104 valence electrons. The Hall–Kier alpha value is -1.07. The number of rotatable bonds is 5. The highest BCUT2D eigenvalue weighted by Crippen LogP contribution is 2.14. The maximum absolute atomic E-state index is 11.7. The summed E-state index contributed by atoms with van der Waals surface area (Å²) in [6, 6.07) is 0.0494. The van der Waals surface area contributed by atoms with Gasteiger partial charge in [0.15, 0.2) is 0 Å². The third-order valence-electron chi connectivity index (χ3n) is 2.88. The molecule has 1 aromatic heterocycles. The third kappa shape index (κ3) is 4.31. The summed E-state index contributed by atoms with van der Waals surface area (Å²) in [4.78, 5) is 11.7. The molecule has 1 heterocycles. The predicted molar refractivity (Wildman–Crippen MR) is 72.8 cm³/mol. The van der Waals surface area contributed by atoms with E-state index in [4.69, 9.17) is 10.3 Å². The average molecular weight is 276 g/mol. The number of halogens is 1. The minimum atomic E-state index is -0.151. The van der Waals surface area contributed by atoms with Gasteiger partial charge in [0.2, 0.25) is 5.91 Å².